The van der Waals surface area contributed by atoms with Crippen LogP contribution < -0.4 is 5.32 Å². The Labute approximate surface area is 174 Å². The fourth-order valence-corrected chi connectivity index (χ4v) is 3.67. The van der Waals surface area contributed by atoms with Crippen molar-refractivity contribution < 1.29 is 0 Å². The number of aryl methyl sites for hydroxylation is 2. The lowest BCUT2D eigenvalue weighted by molar-refractivity contribution is 0.332. The molecule has 0 heterocycles. The van der Waals surface area contributed by atoms with Crippen LogP contribution in [0.2, 0.25) is 0 Å². The molecule has 1 N–H and O–H groups in total. The van der Waals surface area contributed by atoms with E-state index < -0.39 is 0 Å². The van der Waals surface area contributed by atoms with E-state index >= 15 is 0 Å². The van der Waals surface area contributed by atoms with Crippen molar-refractivity contribution >= 4 is 0 Å². The molecular weight excluding hydrogens is 338 g/mol. The molecule has 0 radical (unpaired) electrons. The van der Waals surface area contributed by atoms with E-state index in [2.05, 4.69) is 93.7 Å². The lowest BCUT2D eigenvalue weighted by Gasteiger charge is -2.23. The lowest BCUT2D eigenvalue weighted by Crippen LogP contribution is -2.34. The molecule has 0 bridgehead atoms. The Morgan fingerprint density at radius 3 is 1.61 bits per heavy atom. The highest BCUT2D eigenvalue weighted by Gasteiger charge is 2.13. The van der Waals surface area contributed by atoms with Gasteiger partial charge in [0.1, 0.15) is 0 Å². The lowest BCUT2D eigenvalue weighted by atomic mass is 9.90. The van der Waals surface area contributed by atoms with Gasteiger partial charge in [0.2, 0.25) is 0 Å². The van der Waals surface area contributed by atoms with Crippen LogP contribution in [-0.2, 0) is 12.8 Å². The molecule has 0 fully saturated rings. The Morgan fingerprint density at radius 1 is 0.643 bits per heavy atom. The summed E-state index contributed by atoms with van der Waals surface area (Å²) in [5.74, 6) is 2.37. The van der Waals surface area contributed by atoms with Gasteiger partial charge >= 0.3 is 0 Å². The van der Waals surface area contributed by atoms with Gasteiger partial charge in [-0.25, -0.2) is 0 Å². The maximum Gasteiger partial charge on any atom is 0.00735 e. The minimum atomic E-state index is 0.588. The first-order valence-electron chi connectivity index (χ1n) is 11.4. The summed E-state index contributed by atoms with van der Waals surface area (Å²) in [6, 6.07) is 22.4. The molecule has 0 aliphatic carbocycles. The van der Waals surface area contributed by atoms with Crippen LogP contribution in [0.4, 0.5) is 0 Å². The molecule has 1 unspecified atom stereocenters. The molecule has 0 saturated heterocycles. The third-order valence-electron chi connectivity index (χ3n) is 6.26. The van der Waals surface area contributed by atoms with E-state index in [1.165, 1.54) is 36.8 Å². The molecule has 0 amide bonds. The summed E-state index contributed by atoms with van der Waals surface area (Å²) in [6.45, 7) is 10.6. The molecule has 154 valence electrons. The van der Waals surface area contributed by atoms with E-state index in [0.29, 0.717) is 6.04 Å². The second-order valence-electron chi connectivity index (χ2n) is 9.06. The number of hydrogen-bond donors (Lipinski definition) is 1. The molecule has 0 spiro atoms. The van der Waals surface area contributed by atoms with Crippen molar-refractivity contribution in [1.29, 1.82) is 0 Å². The van der Waals surface area contributed by atoms with Crippen LogP contribution in [0.25, 0.3) is 0 Å². The average molecular weight is 380 g/mol. The first kappa shape index (κ1) is 22.7. The Balaban J connectivity index is 1.82. The Bertz CT molecular complexity index is 576. The first-order valence-corrected chi connectivity index (χ1v) is 11.4. The fraction of sp³-hybridized carbons (Fsp3) is 0.556. The van der Waals surface area contributed by atoms with Crippen LogP contribution in [0.1, 0.15) is 64.5 Å². The van der Waals surface area contributed by atoms with Gasteiger partial charge < -0.3 is 5.32 Å². The second kappa shape index (κ2) is 12.8. The maximum absolute atomic E-state index is 3.91. The van der Waals surface area contributed by atoms with Crippen LogP contribution in [0.3, 0.4) is 0 Å². The fourth-order valence-electron chi connectivity index (χ4n) is 3.67. The van der Waals surface area contributed by atoms with E-state index in [-0.39, 0.29) is 0 Å². The van der Waals surface area contributed by atoms with Crippen molar-refractivity contribution in [2.75, 3.05) is 6.54 Å². The van der Waals surface area contributed by atoms with E-state index in [0.717, 1.165) is 37.1 Å². The summed E-state index contributed by atoms with van der Waals surface area (Å²) < 4.78 is 0. The van der Waals surface area contributed by atoms with Gasteiger partial charge in [0.25, 0.3) is 0 Å². The predicted octanol–water partition coefficient (Wildman–Crippen LogP) is 6.92. The van der Waals surface area contributed by atoms with Crippen LogP contribution >= 0.6 is 0 Å². The summed E-state index contributed by atoms with van der Waals surface area (Å²) in [7, 11) is 0. The van der Waals surface area contributed by atoms with Gasteiger partial charge in [-0.05, 0) is 67.5 Å². The highest BCUT2D eigenvalue weighted by molar-refractivity contribution is 5.16. The highest BCUT2D eigenvalue weighted by atomic mass is 14.9. The van der Waals surface area contributed by atoms with Gasteiger partial charge in [-0.3, -0.25) is 0 Å². The summed E-state index contributed by atoms with van der Waals surface area (Å²) >= 11 is 0. The van der Waals surface area contributed by atoms with Gasteiger partial charge in [-0.1, -0.05) is 94.8 Å². The van der Waals surface area contributed by atoms with Gasteiger partial charge in [-0.15, -0.1) is 0 Å². The number of hydrogen-bond acceptors (Lipinski definition) is 1. The van der Waals surface area contributed by atoms with Crippen LogP contribution in [0, 0.1) is 17.8 Å². The molecular formula is C27H41N. The van der Waals surface area contributed by atoms with Crippen LogP contribution in [-0.4, -0.2) is 12.6 Å². The van der Waals surface area contributed by atoms with Crippen LogP contribution in [0.5, 0.6) is 0 Å². The molecule has 0 aliphatic heterocycles. The maximum atomic E-state index is 3.91. The second-order valence-corrected chi connectivity index (χ2v) is 9.06. The molecule has 2 aromatic carbocycles. The Kier molecular flexibility index (Phi) is 10.4. The van der Waals surface area contributed by atoms with Crippen molar-refractivity contribution in [2.24, 2.45) is 17.8 Å². The van der Waals surface area contributed by atoms with Crippen molar-refractivity contribution in [1.82, 2.24) is 5.32 Å². The summed E-state index contributed by atoms with van der Waals surface area (Å²) in [5, 5.41) is 3.91. The Morgan fingerprint density at radius 2 is 1.14 bits per heavy atom. The minimum Gasteiger partial charge on any atom is -0.314 e. The molecule has 0 aromatic heterocycles. The molecule has 2 aromatic rings. The molecule has 2 atom stereocenters. The van der Waals surface area contributed by atoms with E-state index in [1.807, 2.05) is 0 Å². The zero-order valence-electron chi connectivity index (χ0n) is 18.5. The highest BCUT2D eigenvalue weighted by Crippen LogP contribution is 2.19. The average Bonchev–Trinajstić information content (AvgIpc) is 2.72. The van der Waals surface area contributed by atoms with Crippen molar-refractivity contribution in [3.05, 3.63) is 71.8 Å². The summed E-state index contributed by atoms with van der Waals surface area (Å²) in [6.07, 6.45) is 7.42. The van der Waals surface area contributed by atoms with Gasteiger partial charge in [0.15, 0.2) is 0 Å². The van der Waals surface area contributed by atoms with E-state index in [9.17, 15) is 0 Å². The Hall–Kier alpha value is -1.60. The minimum absolute atomic E-state index is 0.588. The molecule has 2 rings (SSSR count). The van der Waals surface area contributed by atoms with Crippen molar-refractivity contribution in [2.45, 2.75) is 72.3 Å². The van der Waals surface area contributed by atoms with E-state index in [4.69, 9.17) is 0 Å². The number of nitrogens with one attached hydrogen (secondary N) is 1. The van der Waals surface area contributed by atoms with Gasteiger partial charge in [0, 0.05) is 6.04 Å². The zero-order valence-corrected chi connectivity index (χ0v) is 18.5. The predicted molar refractivity (Wildman–Crippen MR) is 124 cm³/mol. The monoisotopic (exact) mass is 379 g/mol. The van der Waals surface area contributed by atoms with Crippen molar-refractivity contribution in [3.8, 4) is 0 Å². The van der Waals surface area contributed by atoms with Crippen molar-refractivity contribution in [3.63, 3.8) is 0 Å². The van der Waals surface area contributed by atoms with Gasteiger partial charge in [-0.2, -0.15) is 0 Å². The molecule has 1 heteroatoms. The topological polar surface area (TPSA) is 12.0 Å². The molecule has 28 heavy (non-hydrogen) atoms. The van der Waals surface area contributed by atoms with Crippen LogP contribution in [0.15, 0.2) is 60.7 Å². The summed E-state index contributed by atoms with van der Waals surface area (Å²) in [5.41, 5.74) is 2.90. The molecule has 0 saturated carbocycles. The van der Waals surface area contributed by atoms with E-state index in [1.54, 1.807) is 0 Å². The third kappa shape index (κ3) is 9.06. The quantitative estimate of drug-likeness (QED) is 0.398. The largest absolute Gasteiger partial charge is 0.314 e. The first-order chi connectivity index (χ1) is 13.5. The summed E-state index contributed by atoms with van der Waals surface area (Å²) in [4.78, 5) is 0. The molecule has 1 nitrogen and oxygen atoms in total. The zero-order chi connectivity index (χ0) is 20.2. The normalized spacial score (nSPS) is 13.8. The number of benzene rings is 2. The van der Waals surface area contributed by atoms with Gasteiger partial charge in [0.05, 0.1) is 0 Å². The smallest absolute Gasteiger partial charge is 0.00735 e. The SMILES string of the molecule is CC(C)C(C)CC[C@H](C)CNC(CCc1ccccc1)CCc1ccccc1. The molecule has 0 aliphatic rings. The number of rotatable bonds is 13. The standard InChI is InChI=1S/C27H41N/c1-22(2)24(4)16-15-23(3)21-28-27(19-17-25-11-7-5-8-12-25)20-18-26-13-9-6-10-14-26/h5-14,22-24,27-28H,15-21H2,1-4H3/t23-,24?/m0/s1. The third-order valence-corrected chi connectivity index (χ3v) is 6.26.